The van der Waals surface area contributed by atoms with Gasteiger partial charge < -0.3 is 10.2 Å². The van der Waals surface area contributed by atoms with E-state index in [1.54, 1.807) is 0 Å². The van der Waals surface area contributed by atoms with Crippen molar-refractivity contribution in [3.8, 4) is 0 Å². The van der Waals surface area contributed by atoms with Crippen LogP contribution >= 0.6 is 0 Å². The number of anilines is 1. The lowest BCUT2D eigenvalue weighted by Crippen LogP contribution is -2.35. The van der Waals surface area contributed by atoms with E-state index in [9.17, 15) is 0 Å². The highest BCUT2D eigenvalue weighted by Crippen LogP contribution is 2.28. The van der Waals surface area contributed by atoms with Gasteiger partial charge in [0.15, 0.2) is 0 Å². The van der Waals surface area contributed by atoms with E-state index in [4.69, 9.17) is 0 Å². The first-order valence-electron chi connectivity index (χ1n) is 8.15. The summed E-state index contributed by atoms with van der Waals surface area (Å²) in [6.07, 6.45) is 5.14. The molecule has 4 heteroatoms. The van der Waals surface area contributed by atoms with Crippen LogP contribution in [0.25, 0.3) is 0 Å². The first kappa shape index (κ1) is 15.4. The third kappa shape index (κ3) is 3.35. The fourth-order valence-corrected chi connectivity index (χ4v) is 3.24. The molecule has 0 amide bonds. The van der Waals surface area contributed by atoms with Gasteiger partial charge in [0.25, 0.3) is 0 Å². The van der Waals surface area contributed by atoms with Gasteiger partial charge in [-0.25, -0.2) is 0 Å². The molecule has 0 radical (unpaired) electrons. The zero-order chi connectivity index (χ0) is 14.5. The number of nitrogens with zero attached hydrogens (tertiary/aromatic N) is 3. The Labute approximate surface area is 123 Å². The van der Waals surface area contributed by atoms with E-state index >= 15 is 0 Å². The molecule has 2 heterocycles. The van der Waals surface area contributed by atoms with Gasteiger partial charge in [0.05, 0.1) is 5.69 Å². The molecule has 0 atom stereocenters. The molecule has 1 aromatic heterocycles. The molecule has 0 bridgehead atoms. The largest absolute Gasteiger partial charge is 0.357 e. The maximum Gasteiger partial charge on any atom is 0.131 e. The highest BCUT2D eigenvalue weighted by atomic mass is 15.4. The predicted molar refractivity (Wildman–Crippen MR) is 85.2 cm³/mol. The molecule has 0 spiro atoms. The maximum absolute atomic E-state index is 4.64. The van der Waals surface area contributed by atoms with Gasteiger partial charge in [0.1, 0.15) is 5.82 Å². The van der Waals surface area contributed by atoms with Crippen molar-refractivity contribution in [3.05, 3.63) is 11.3 Å². The van der Waals surface area contributed by atoms with E-state index in [1.165, 1.54) is 55.8 Å². The Balaban J connectivity index is 2.10. The summed E-state index contributed by atoms with van der Waals surface area (Å²) in [6.45, 7) is 11.0. The number of piperidine rings is 1. The lowest BCUT2D eigenvalue weighted by molar-refractivity contribution is 0.391. The third-order valence-corrected chi connectivity index (χ3v) is 4.53. The van der Waals surface area contributed by atoms with Gasteiger partial charge in [-0.1, -0.05) is 20.3 Å². The molecular weight excluding hydrogens is 248 g/mol. The Morgan fingerprint density at radius 1 is 1.25 bits per heavy atom. The van der Waals surface area contributed by atoms with Crippen molar-refractivity contribution in [1.29, 1.82) is 0 Å². The number of nitrogens with one attached hydrogen (secondary N) is 1. The van der Waals surface area contributed by atoms with Crippen LogP contribution in [0.15, 0.2) is 0 Å². The average Bonchev–Trinajstić information content (AvgIpc) is 2.74. The second kappa shape index (κ2) is 7.11. The zero-order valence-corrected chi connectivity index (χ0v) is 13.6. The molecule has 1 aromatic rings. The Morgan fingerprint density at radius 3 is 2.55 bits per heavy atom. The van der Waals surface area contributed by atoms with Crippen LogP contribution in [0.4, 0.5) is 5.82 Å². The quantitative estimate of drug-likeness (QED) is 0.812. The molecule has 1 aliphatic rings. The van der Waals surface area contributed by atoms with Crippen LogP contribution in [0, 0.1) is 12.8 Å². The van der Waals surface area contributed by atoms with E-state index in [0.29, 0.717) is 0 Å². The fraction of sp³-hybridized carbons (Fsp3) is 0.812. The van der Waals surface area contributed by atoms with Crippen molar-refractivity contribution < 1.29 is 0 Å². The van der Waals surface area contributed by atoms with E-state index in [-0.39, 0.29) is 0 Å². The van der Waals surface area contributed by atoms with Gasteiger partial charge in [0, 0.05) is 32.2 Å². The maximum atomic E-state index is 4.64. The van der Waals surface area contributed by atoms with Crippen molar-refractivity contribution in [2.75, 3.05) is 24.5 Å². The van der Waals surface area contributed by atoms with Crippen LogP contribution in [-0.4, -0.2) is 29.4 Å². The second-order valence-electron chi connectivity index (χ2n) is 6.03. The average molecular weight is 278 g/mol. The van der Waals surface area contributed by atoms with E-state index < -0.39 is 0 Å². The van der Waals surface area contributed by atoms with Gasteiger partial charge in [0.2, 0.25) is 0 Å². The number of rotatable bonds is 6. The van der Waals surface area contributed by atoms with Crippen molar-refractivity contribution >= 4 is 5.82 Å². The van der Waals surface area contributed by atoms with Gasteiger partial charge in [-0.05, 0) is 38.6 Å². The number of aryl methyl sites for hydroxylation is 2. The SMILES string of the molecule is CCCNCc1c(C)nn(C)c1N1CCC(CC)CC1. The highest BCUT2D eigenvalue weighted by molar-refractivity contribution is 5.50. The number of aromatic nitrogens is 2. The summed E-state index contributed by atoms with van der Waals surface area (Å²) in [4.78, 5) is 2.54. The third-order valence-electron chi connectivity index (χ3n) is 4.53. The Bertz CT molecular complexity index is 416. The molecule has 1 aliphatic heterocycles. The first-order chi connectivity index (χ1) is 9.67. The molecule has 0 aliphatic carbocycles. The van der Waals surface area contributed by atoms with Gasteiger partial charge in [-0.3, -0.25) is 4.68 Å². The van der Waals surface area contributed by atoms with Gasteiger partial charge >= 0.3 is 0 Å². The second-order valence-corrected chi connectivity index (χ2v) is 6.03. The predicted octanol–water partition coefficient (Wildman–Crippen LogP) is 2.85. The smallest absolute Gasteiger partial charge is 0.131 e. The molecule has 20 heavy (non-hydrogen) atoms. The fourth-order valence-electron chi connectivity index (χ4n) is 3.24. The lowest BCUT2D eigenvalue weighted by atomic mass is 9.94. The molecule has 4 nitrogen and oxygen atoms in total. The van der Waals surface area contributed by atoms with Crippen molar-refractivity contribution in [3.63, 3.8) is 0 Å². The van der Waals surface area contributed by atoms with Crippen LogP contribution < -0.4 is 10.2 Å². The van der Waals surface area contributed by atoms with Gasteiger partial charge in [-0.15, -0.1) is 0 Å². The summed E-state index contributed by atoms with van der Waals surface area (Å²) in [5.41, 5.74) is 2.56. The molecule has 1 fully saturated rings. The van der Waals surface area contributed by atoms with Crippen LogP contribution in [0.5, 0.6) is 0 Å². The Morgan fingerprint density at radius 2 is 1.95 bits per heavy atom. The Hall–Kier alpha value is -1.03. The Kier molecular flexibility index (Phi) is 5.46. The van der Waals surface area contributed by atoms with Crippen LogP contribution in [-0.2, 0) is 13.6 Å². The summed E-state index contributed by atoms with van der Waals surface area (Å²) >= 11 is 0. The van der Waals surface area contributed by atoms with Crippen LogP contribution in [0.3, 0.4) is 0 Å². The van der Waals surface area contributed by atoms with E-state index in [1.807, 2.05) is 0 Å². The van der Waals surface area contributed by atoms with E-state index in [0.717, 1.165) is 19.0 Å². The molecular formula is C16H30N4. The van der Waals surface area contributed by atoms with Crippen LogP contribution in [0.2, 0.25) is 0 Å². The summed E-state index contributed by atoms with van der Waals surface area (Å²) in [5.74, 6) is 2.25. The minimum Gasteiger partial charge on any atom is -0.357 e. The summed E-state index contributed by atoms with van der Waals surface area (Å²) in [7, 11) is 2.08. The zero-order valence-electron chi connectivity index (χ0n) is 13.6. The first-order valence-corrected chi connectivity index (χ1v) is 8.15. The topological polar surface area (TPSA) is 33.1 Å². The lowest BCUT2D eigenvalue weighted by Gasteiger charge is -2.33. The summed E-state index contributed by atoms with van der Waals surface area (Å²) in [5, 5.41) is 8.16. The van der Waals surface area contributed by atoms with Crippen molar-refractivity contribution in [2.45, 2.75) is 53.0 Å². The molecule has 0 saturated carbocycles. The normalized spacial score (nSPS) is 16.9. The molecule has 114 valence electrons. The number of hydrogen-bond acceptors (Lipinski definition) is 3. The molecule has 2 rings (SSSR count). The number of hydrogen-bond donors (Lipinski definition) is 1. The van der Waals surface area contributed by atoms with Crippen molar-refractivity contribution in [1.82, 2.24) is 15.1 Å². The molecule has 0 unspecified atom stereocenters. The highest BCUT2D eigenvalue weighted by Gasteiger charge is 2.23. The summed E-state index contributed by atoms with van der Waals surface area (Å²) in [6, 6.07) is 0. The monoisotopic (exact) mass is 278 g/mol. The van der Waals surface area contributed by atoms with E-state index in [2.05, 4.69) is 47.8 Å². The minimum absolute atomic E-state index is 0.919. The minimum atomic E-state index is 0.919. The van der Waals surface area contributed by atoms with Gasteiger partial charge in [-0.2, -0.15) is 5.10 Å². The molecule has 1 saturated heterocycles. The van der Waals surface area contributed by atoms with Crippen LogP contribution in [0.1, 0.15) is 50.8 Å². The van der Waals surface area contributed by atoms with Crippen molar-refractivity contribution in [2.24, 2.45) is 13.0 Å². The molecule has 0 aromatic carbocycles. The molecule has 1 N–H and O–H groups in total. The summed E-state index contributed by atoms with van der Waals surface area (Å²) < 4.78 is 2.07. The standard InChI is InChI=1S/C16H30N4/c1-5-9-17-12-15-13(3)18-19(4)16(15)20-10-7-14(6-2)8-11-20/h14,17H,5-12H2,1-4H3.